The number of carbonyl (C=O) groups excluding carboxylic acids is 9. The summed E-state index contributed by atoms with van der Waals surface area (Å²) in [5.41, 5.74) is 21.7. The molecule has 17 N–H and O–H groups in total. The van der Waals surface area contributed by atoms with Gasteiger partial charge in [0, 0.05) is 18.8 Å². The van der Waals surface area contributed by atoms with Crippen LogP contribution in [-0.4, -0.2) is 163 Å². The predicted octanol–water partition coefficient (Wildman–Crippen LogP) is -5.39. The van der Waals surface area contributed by atoms with Crippen LogP contribution in [0.5, 0.6) is 0 Å². The average Bonchev–Trinajstić information content (AvgIpc) is 3.75. The summed E-state index contributed by atoms with van der Waals surface area (Å²) in [6.45, 7) is 5.71. The Morgan fingerprint density at radius 1 is 0.692 bits per heavy atom. The van der Waals surface area contributed by atoms with Crippen molar-refractivity contribution in [2.75, 3.05) is 51.6 Å². The summed E-state index contributed by atoms with van der Waals surface area (Å²) in [4.78, 5) is 134. The molecule has 0 radical (unpaired) electrons. The first-order chi connectivity index (χ1) is 30.6. The number of carboxylic acid groups (broad SMARTS) is 1. The third-order valence-electron chi connectivity index (χ3n) is 9.92. The van der Waals surface area contributed by atoms with Gasteiger partial charge in [0.25, 0.3) is 0 Å². The monoisotopic (exact) mass is 943 g/mol. The Kier molecular flexibility index (Phi) is 26.8. The Labute approximate surface area is 384 Å². The van der Waals surface area contributed by atoms with Gasteiger partial charge in [-0.05, 0) is 69.7 Å². The number of unbranched alkanes of at least 4 members (excludes halogenated alkanes) is 1. The highest BCUT2D eigenvalue weighted by atomic mass is 32.1. The predicted molar refractivity (Wildman–Crippen MR) is 241 cm³/mol. The van der Waals surface area contributed by atoms with Crippen molar-refractivity contribution >= 4 is 77.7 Å². The number of aliphatic imine (C=N–C) groups is 1. The molecule has 0 unspecified atom stereocenters. The van der Waals surface area contributed by atoms with E-state index in [0.29, 0.717) is 32.2 Å². The Bertz CT molecular complexity index is 1680. The molecule has 0 bridgehead atoms. The molecule has 0 aromatic carbocycles. The Morgan fingerprint density at radius 3 is 1.83 bits per heavy atom. The van der Waals surface area contributed by atoms with E-state index < -0.39 is 114 Å². The first kappa shape index (κ1) is 57.3. The molecule has 1 saturated heterocycles. The van der Waals surface area contributed by atoms with Crippen LogP contribution in [0.2, 0.25) is 0 Å². The van der Waals surface area contributed by atoms with E-state index in [4.69, 9.17) is 22.9 Å². The van der Waals surface area contributed by atoms with Crippen molar-refractivity contribution in [1.82, 2.24) is 47.4 Å². The van der Waals surface area contributed by atoms with Gasteiger partial charge in [-0.15, -0.1) is 0 Å². The third-order valence-corrected chi connectivity index (χ3v) is 10.3. The first-order valence-corrected chi connectivity index (χ1v) is 22.2. The van der Waals surface area contributed by atoms with E-state index in [-0.39, 0.29) is 69.5 Å². The van der Waals surface area contributed by atoms with Crippen LogP contribution < -0.4 is 65.5 Å². The summed E-state index contributed by atoms with van der Waals surface area (Å²) in [5, 5.41) is 29.3. The second-order valence-corrected chi connectivity index (χ2v) is 16.5. The number of hydrogen-bond acceptors (Lipinski definition) is 14. The summed E-state index contributed by atoms with van der Waals surface area (Å²) in [5.74, 6) is -8.54. The number of carboxylic acids is 1. The standard InChI is InChI=1S/C39H70N14O11S/c1-21(2)15-25(50-36(61)27-11-8-14-53(27)31(57)19-45-28(54)16-41)34(59)47-18-30(56)52-32(22(3)4)37(62)49-23(10-7-13-44-39(42)43)33(58)46-17-29(55)48-24(9-5-6-12-40)35(60)51-26(20-65)38(63)64/h21-27,32,65H,5-20,40-41H2,1-4H3,(H,45,54)(H,46,58)(H,47,59)(H,48,55)(H,49,62)(H,50,61)(H,51,60)(H,52,56)(H,63,64)(H4,42,43,44)/t23-,24-,25-,26-,27-,32-/m0/s1. The lowest BCUT2D eigenvalue weighted by molar-refractivity contribution is -0.141. The van der Waals surface area contributed by atoms with Crippen LogP contribution in [-0.2, 0) is 47.9 Å². The minimum absolute atomic E-state index is 0.0181. The van der Waals surface area contributed by atoms with E-state index in [1.165, 1.54) is 4.90 Å². The van der Waals surface area contributed by atoms with Gasteiger partial charge < -0.3 is 75.5 Å². The van der Waals surface area contributed by atoms with E-state index in [2.05, 4.69) is 60.2 Å². The van der Waals surface area contributed by atoms with E-state index in [1.807, 2.05) is 13.8 Å². The minimum Gasteiger partial charge on any atom is -0.480 e. The van der Waals surface area contributed by atoms with E-state index >= 15 is 0 Å². The van der Waals surface area contributed by atoms with Crippen LogP contribution in [0.25, 0.3) is 0 Å². The van der Waals surface area contributed by atoms with E-state index in [0.717, 1.165) is 0 Å². The van der Waals surface area contributed by atoms with Crippen molar-refractivity contribution in [1.29, 1.82) is 0 Å². The van der Waals surface area contributed by atoms with Gasteiger partial charge >= 0.3 is 5.97 Å². The lowest BCUT2D eigenvalue weighted by Crippen LogP contribution is -2.58. The maximum atomic E-state index is 13.7. The van der Waals surface area contributed by atoms with E-state index in [1.54, 1.807) is 13.8 Å². The molecule has 0 saturated carbocycles. The molecule has 65 heavy (non-hydrogen) atoms. The molecule has 368 valence electrons. The molecule has 1 rings (SSSR count). The number of guanidine groups is 1. The number of likely N-dealkylation sites (tertiary alicyclic amines) is 1. The fraction of sp³-hybridized carbons (Fsp3) is 0.718. The summed E-state index contributed by atoms with van der Waals surface area (Å²) >= 11 is 3.94. The fourth-order valence-corrected chi connectivity index (χ4v) is 6.74. The SMILES string of the molecule is CC(C)C[C@H](NC(=O)[C@@H]1CCCN1C(=O)CNC(=O)CN)C(=O)NCC(=O)N[C@H](C(=O)N[C@@H](CCCN=C(N)N)C(=O)NCC(=O)N[C@@H](CCCCN)C(=O)N[C@@H](CS)C(=O)O)C(C)C. The molecule has 1 aliphatic rings. The molecular weight excluding hydrogens is 873 g/mol. The molecule has 0 aromatic rings. The summed E-state index contributed by atoms with van der Waals surface area (Å²) < 4.78 is 0. The van der Waals surface area contributed by atoms with Crippen molar-refractivity contribution in [3.63, 3.8) is 0 Å². The molecule has 9 amide bonds. The molecule has 1 aliphatic heterocycles. The van der Waals surface area contributed by atoms with Gasteiger partial charge in [0.15, 0.2) is 5.96 Å². The Morgan fingerprint density at radius 2 is 1.28 bits per heavy atom. The first-order valence-electron chi connectivity index (χ1n) is 21.6. The third kappa shape index (κ3) is 22.1. The van der Waals surface area contributed by atoms with Gasteiger partial charge in [0.1, 0.15) is 36.3 Å². The molecule has 26 heteroatoms. The number of aliphatic carboxylic acids is 1. The zero-order valence-corrected chi connectivity index (χ0v) is 38.5. The normalized spacial score (nSPS) is 15.6. The number of nitrogens with zero attached hydrogens (tertiary/aromatic N) is 2. The minimum atomic E-state index is -1.32. The number of nitrogens with two attached hydrogens (primary N) is 4. The maximum Gasteiger partial charge on any atom is 0.327 e. The molecule has 1 heterocycles. The van der Waals surface area contributed by atoms with Gasteiger partial charge in [0.2, 0.25) is 53.2 Å². The number of thiol groups is 1. The Balaban J connectivity index is 3.03. The lowest BCUT2D eigenvalue weighted by Gasteiger charge is -2.27. The number of hydrogen-bond donors (Lipinski definition) is 14. The summed E-state index contributed by atoms with van der Waals surface area (Å²) in [6, 6.07) is -6.94. The van der Waals surface area contributed by atoms with Gasteiger partial charge in [0.05, 0.1) is 26.2 Å². The van der Waals surface area contributed by atoms with Crippen LogP contribution in [0.1, 0.15) is 79.1 Å². The number of carbonyl (C=O) groups is 10. The molecule has 1 fully saturated rings. The average molecular weight is 943 g/mol. The zero-order chi connectivity index (χ0) is 49.2. The number of rotatable bonds is 30. The molecule has 0 aliphatic carbocycles. The highest BCUT2D eigenvalue weighted by Crippen LogP contribution is 2.18. The number of nitrogens with one attached hydrogen (secondary N) is 8. The topological polar surface area (TPSA) is 407 Å². The lowest BCUT2D eigenvalue weighted by atomic mass is 10.0. The van der Waals surface area contributed by atoms with Crippen LogP contribution in [0.3, 0.4) is 0 Å². The molecule has 0 aromatic heterocycles. The van der Waals surface area contributed by atoms with Crippen molar-refractivity contribution in [3.8, 4) is 0 Å². The van der Waals surface area contributed by atoms with Gasteiger partial charge in [-0.2, -0.15) is 12.6 Å². The van der Waals surface area contributed by atoms with Crippen LogP contribution in [0.4, 0.5) is 0 Å². The van der Waals surface area contributed by atoms with Gasteiger partial charge in [-0.25, -0.2) is 4.79 Å². The van der Waals surface area contributed by atoms with Crippen molar-refractivity contribution in [2.45, 2.75) is 115 Å². The van der Waals surface area contributed by atoms with Gasteiger partial charge in [-0.3, -0.25) is 48.1 Å². The number of amides is 9. The van der Waals surface area contributed by atoms with Crippen molar-refractivity contribution < 1.29 is 53.1 Å². The van der Waals surface area contributed by atoms with Crippen molar-refractivity contribution in [2.24, 2.45) is 39.8 Å². The summed E-state index contributed by atoms with van der Waals surface area (Å²) in [6.07, 6.45) is 2.28. The highest BCUT2D eigenvalue weighted by molar-refractivity contribution is 7.80. The van der Waals surface area contributed by atoms with Crippen LogP contribution in [0.15, 0.2) is 4.99 Å². The molecular formula is C39H70N14O11S. The Hall–Kier alpha value is -5.76. The largest absolute Gasteiger partial charge is 0.480 e. The van der Waals surface area contributed by atoms with Crippen LogP contribution in [0, 0.1) is 11.8 Å². The smallest absolute Gasteiger partial charge is 0.327 e. The fourth-order valence-electron chi connectivity index (χ4n) is 6.50. The van der Waals surface area contributed by atoms with E-state index in [9.17, 15) is 53.1 Å². The second kappa shape index (κ2) is 30.4. The van der Waals surface area contributed by atoms with Crippen LogP contribution >= 0.6 is 12.6 Å². The summed E-state index contributed by atoms with van der Waals surface area (Å²) in [7, 11) is 0. The van der Waals surface area contributed by atoms with Gasteiger partial charge in [-0.1, -0.05) is 27.7 Å². The highest BCUT2D eigenvalue weighted by Gasteiger charge is 2.36. The van der Waals surface area contributed by atoms with Crippen molar-refractivity contribution in [3.05, 3.63) is 0 Å². The molecule has 0 spiro atoms. The molecule has 25 nitrogen and oxygen atoms in total. The zero-order valence-electron chi connectivity index (χ0n) is 37.6. The second-order valence-electron chi connectivity index (χ2n) is 16.1. The molecule has 6 atom stereocenters. The maximum absolute atomic E-state index is 13.7. The quantitative estimate of drug-likeness (QED) is 0.0138.